The average Bonchev–Trinajstić information content (AvgIpc) is 3.40. The number of thioether (sulfide) groups is 1. The lowest BCUT2D eigenvalue weighted by Gasteiger charge is -2.46. The van der Waals surface area contributed by atoms with Crippen LogP contribution in [0.15, 0.2) is 12.2 Å². The first-order valence-electron chi connectivity index (χ1n) is 12.9. The molecule has 3 aliphatic heterocycles. The number of nitrogens with zero attached hydrogens (tertiary/aromatic N) is 1. The van der Waals surface area contributed by atoms with Crippen LogP contribution in [-0.2, 0) is 0 Å². The number of rotatable bonds is 6. The van der Waals surface area contributed by atoms with E-state index >= 15 is 0 Å². The number of alkyl halides is 2. The molecule has 4 fully saturated rings. The molecule has 6 nitrogen and oxygen atoms in total. The molecule has 0 spiro atoms. The lowest BCUT2D eigenvalue weighted by atomic mass is 9.76. The number of hydrogen-bond donors (Lipinski definition) is 5. The van der Waals surface area contributed by atoms with Crippen LogP contribution in [0.2, 0.25) is 0 Å². The van der Waals surface area contributed by atoms with E-state index in [9.17, 15) is 19.0 Å². The van der Waals surface area contributed by atoms with Gasteiger partial charge >= 0.3 is 0 Å². The highest BCUT2D eigenvalue weighted by Gasteiger charge is 2.52. The topological polar surface area (TPSA) is 93.8 Å². The van der Waals surface area contributed by atoms with E-state index in [0.29, 0.717) is 30.6 Å². The van der Waals surface area contributed by atoms with E-state index < -0.39 is 24.8 Å². The maximum absolute atomic E-state index is 14.0. The van der Waals surface area contributed by atoms with Crippen molar-refractivity contribution in [1.29, 1.82) is 0 Å². The Morgan fingerprint density at radius 2 is 1.97 bits per heavy atom. The van der Waals surface area contributed by atoms with Crippen molar-refractivity contribution in [3.63, 3.8) is 0 Å². The molecule has 0 aromatic rings. The third kappa shape index (κ3) is 4.88. The molecule has 9 heteroatoms. The molecule has 33 heavy (non-hydrogen) atoms. The van der Waals surface area contributed by atoms with Crippen LogP contribution in [0, 0.1) is 23.7 Å². The summed E-state index contributed by atoms with van der Waals surface area (Å²) in [5.41, 5.74) is 9.21. The molecule has 11 unspecified atom stereocenters. The number of hydrazine groups is 1. The van der Waals surface area contributed by atoms with Crippen molar-refractivity contribution < 1.29 is 19.0 Å². The smallest absolute Gasteiger partial charge is 0.255 e. The number of fused-ring (bicyclic) bond motifs is 2. The predicted molar refractivity (Wildman–Crippen MR) is 126 cm³/mol. The Hall–Kier alpha value is -0.290. The number of allylic oxidation sites excluding steroid dienone is 1. The normalized spacial score (nSPS) is 45.7. The zero-order chi connectivity index (χ0) is 23.1. The molecule has 6 N–H and O–H groups in total. The van der Waals surface area contributed by atoms with Crippen molar-refractivity contribution in [2.45, 2.75) is 105 Å². The molecule has 0 radical (unpaired) electrons. The van der Waals surface area contributed by atoms with E-state index in [1.54, 1.807) is 5.01 Å². The molecule has 2 aliphatic carbocycles. The maximum atomic E-state index is 14.0. The minimum Gasteiger partial charge on any atom is -0.393 e. The van der Waals surface area contributed by atoms with Crippen molar-refractivity contribution in [1.82, 2.24) is 15.8 Å². The van der Waals surface area contributed by atoms with E-state index in [-0.39, 0.29) is 35.2 Å². The molecule has 0 bridgehead atoms. The average molecular weight is 487 g/mol. The van der Waals surface area contributed by atoms with Crippen LogP contribution in [0.5, 0.6) is 0 Å². The van der Waals surface area contributed by atoms with E-state index in [1.165, 1.54) is 12.8 Å². The number of aliphatic hydroxyl groups is 2. The minimum atomic E-state index is -2.43. The minimum absolute atomic E-state index is 0.00117. The Morgan fingerprint density at radius 1 is 1.15 bits per heavy atom. The third-order valence-electron chi connectivity index (χ3n) is 8.94. The summed E-state index contributed by atoms with van der Waals surface area (Å²) in [6, 6.07) is -0.852. The quantitative estimate of drug-likeness (QED) is 0.291. The summed E-state index contributed by atoms with van der Waals surface area (Å²) in [5.74, 6) is 0.498. The van der Waals surface area contributed by atoms with Crippen LogP contribution in [-0.4, -0.2) is 69.3 Å². The predicted octanol–water partition coefficient (Wildman–Crippen LogP) is 2.42. The van der Waals surface area contributed by atoms with Gasteiger partial charge in [-0.25, -0.2) is 13.8 Å². The molecule has 1 saturated carbocycles. The first kappa shape index (κ1) is 24.4. The highest BCUT2D eigenvalue weighted by molar-refractivity contribution is 8.00. The first-order valence-corrected chi connectivity index (χ1v) is 13.9. The fourth-order valence-electron chi connectivity index (χ4n) is 7.28. The van der Waals surface area contributed by atoms with Gasteiger partial charge in [-0.05, 0) is 56.8 Å². The Labute approximate surface area is 200 Å². The summed E-state index contributed by atoms with van der Waals surface area (Å²) in [6.45, 7) is 0.482. The standard InChI is InChI=1S/C24H40F2N4O2S/c25-22(26)17-10-16(13-6-2-1-3-7-13)29-24-15(12-28-30(17)24)18(31)11-20-21(23(27)32)14-8-4-5-9-19(14)33-20/h2,6,13-24,28-29,31-32H,1,3-5,7-12,27H2. The Balaban J connectivity index is 1.29. The molecule has 5 aliphatic rings. The molecule has 188 valence electrons. The van der Waals surface area contributed by atoms with Gasteiger partial charge in [0.15, 0.2) is 0 Å². The second-order valence-corrected chi connectivity index (χ2v) is 12.3. The summed E-state index contributed by atoms with van der Waals surface area (Å²) < 4.78 is 28.1. The van der Waals surface area contributed by atoms with Crippen LogP contribution in [0.4, 0.5) is 8.78 Å². The van der Waals surface area contributed by atoms with E-state index in [2.05, 4.69) is 22.9 Å². The lowest BCUT2D eigenvalue weighted by molar-refractivity contribution is -0.0680. The number of hydrogen-bond acceptors (Lipinski definition) is 7. The van der Waals surface area contributed by atoms with Gasteiger partial charge < -0.3 is 15.9 Å². The van der Waals surface area contributed by atoms with Gasteiger partial charge in [0, 0.05) is 34.9 Å². The van der Waals surface area contributed by atoms with Crippen molar-refractivity contribution >= 4 is 11.8 Å². The third-order valence-corrected chi connectivity index (χ3v) is 10.7. The van der Waals surface area contributed by atoms with Crippen molar-refractivity contribution in [3.05, 3.63) is 12.2 Å². The monoisotopic (exact) mass is 486 g/mol. The van der Waals surface area contributed by atoms with Gasteiger partial charge in [0.2, 0.25) is 0 Å². The molecule has 3 saturated heterocycles. The molecule has 11 atom stereocenters. The van der Waals surface area contributed by atoms with E-state index in [1.807, 2.05) is 11.8 Å². The summed E-state index contributed by atoms with van der Waals surface area (Å²) in [5, 5.41) is 27.7. The summed E-state index contributed by atoms with van der Waals surface area (Å²) >= 11 is 1.89. The van der Waals surface area contributed by atoms with E-state index in [4.69, 9.17) is 5.73 Å². The van der Waals surface area contributed by atoms with Crippen LogP contribution in [0.1, 0.15) is 57.8 Å². The van der Waals surface area contributed by atoms with Crippen LogP contribution in [0.3, 0.4) is 0 Å². The van der Waals surface area contributed by atoms with Crippen molar-refractivity contribution in [2.75, 3.05) is 6.54 Å². The van der Waals surface area contributed by atoms with Gasteiger partial charge in [-0.15, -0.1) is 0 Å². The first-order chi connectivity index (χ1) is 15.9. The van der Waals surface area contributed by atoms with Gasteiger partial charge in [0.05, 0.1) is 18.3 Å². The molecular weight excluding hydrogens is 446 g/mol. The largest absolute Gasteiger partial charge is 0.393 e. The molecule has 0 aromatic heterocycles. The van der Waals surface area contributed by atoms with Crippen LogP contribution in [0.25, 0.3) is 0 Å². The number of nitrogens with one attached hydrogen (secondary N) is 2. The Bertz CT molecular complexity index is 701. The van der Waals surface area contributed by atoms with E-state index in [0.717, 1.165) is 32.1 Å². The fourth-order valence-corrected chi connectivity index (χ4v) is 9.41. The molecule has 0 aromatic carbocycles. The number of halogens is 2. The molecule has 5 rings (SSSR count). The fraction of sp³-hybridized carbons (Fsp3) is 0.917. The molecule has 0 amide bonds. The Kier molecular flexibility index (Phi) is 7.67. The van der Waals surface area contributed by atoms with Crippen LogP contribution < -0.4 is 16.5 Å². The van der Waals surface area contributed by atoms with Crippen molar-refractivity contribution in [3.8, 4) is 0 Å². The van der Waals surface area contributed by atoms with Crippen molar-refractivity contribution in [2.24, 2.45) is 29.4 Å². The highest BCUT2D eigenvalue weighted by atomic mass is 32.2. The summed E-state index contributed by atoms with van der Waals surface area (Å²) in [4.78, 5) is 0. The molecule has 3 heterocycles. The van der Waals surface area contributed by atoms with Gasteiger partial charge in [0.25, 0.3) is 6.43 Å². The second kappa shape index (κ2) is 10.4. The Morgan fingerprint density at radius 3 is 2.70 bits per heavy atom. The highest BCUT2D eigenvalue weighted by Crippen LogP contribution is 2.52. The van der Waals surface area contributed by atoms with Gasteiger partial charge in [-0.3, -0.25) is 10.7 Å². The van der Waals surface area contributed by atoms with Gasteiger partial charge in [-0.2, -0.15) is 11.8 Å². The van der Waals surface area contributed by atoms with Gasteiger partial charge in [0.1, 0.15) is 6.23 Å². The number of aliphatic hydroxyl groups excluding tert-OH is 2. The summed E-state index contributed by atoms with van der Waals surface area (Å²) in [7, 11) is 0. The number of nitrogens with two attached hydrogens (primary N) is 1. The lowest BCUT2D eigenvalue weighted by Crippen LogP contribution is -2.65. The molecular formula is C24H40F2N4O2S. The maximum Gasteiger partial charge on any atom is 0.255 e. The SMILES string of the molecule is NC(O)C1C(CC(O)C2CNN3C(C(F)F)CC(C4C=CCCC4)NC23)SC2CCCCC21. The van der Waals surface area contributed by atoms with Crippen LogP contribution >= 0.6 is 11.8 Å². The van der Waals surface area contributed by atoms with Gasteiger partial charge in [-0.1, -0.05) is 25.0 Å². The summed E-state index contributed by atoms with van der Waals surface area (Å²) in [6.07, 6.45) is 8.88. The zero-order valence-corrected chi connectivity index (χ0v) is 20.1. The second-order valence-electron chi connectivity index (χ2n) is 10.8. The zero-order valence-electron chi connectivity index (χ0n) is 19.2.